The van der Waals surface area contributed by atoms with Gasteiger partial charge in [-0.2, -0.15) is 0 Å². The Labute approximate surface area is 84.6 Å². The summed E-state index contributed by atoms with van der Waals surface area (Å²) in [5.41, 5.74) is 0. The van der Waals surface area contributed by atoms with Gasteiger partial charge >= 0.3 is 11.9 Å². The number of hydrogen-bond acceptors (Lipinski definition) is 4. The second kappa shape index (κ2) is 7.35. The fraction of sp³-hybridized carbons (Fsp3) is 0.700. The SMILES string of the molecule is [CH2]C(CCC(=O)OCC)CC(=O)OC. The number of rotatable bonds is 6. The monoisotopic (exact) mass is 201 g/mol. The van der Waals surface area contributed by atoms with E-state index in [0.29, 0.717) is 19.4 Å². The van der Waals surface area contributed by atoms with Crippen molar-refractivity contribution < 1.29 is 19.1 Å². The Kier molecular flexibility index (Phi) is 6.80. The van der Waals surface area contributed by atoms with E-state index in [-0.39, 0.29) is 24.3 Å². The van der Waals surface area contributed by atoms with E-state index in [4.69, 9.17) is 4.74 Å². The normalized spacial score (nSPS) is 11.9. The second-order valence-electron chi connectivity index (χ2n) is 2.99. The van der Waals surface area contributed by atoms with Crippen LogP contribution in [0.3, 0.4) is 0 Å². The summed E-state index contributed by atoms with van der Waals surface area (Å²) in [5, 5.41) is 0. The van der Waals surface area contributed by atoms with Gasteiger partial charge in [-0.3, -0.25) is 9.59 Å². The second-order valence-corrected chi connectivity index (χ2v) is 2.99. The molecule has 0 fully saturated rings. The summed E-state index contributed by atoms with van der Waals surface area (Å²) in [7, 11) is 1.33. The summed E-state index contributed by atoms with van der Waals surface area (Å²) in [4.78, 5) is 21.8. The Bertz CT molecular complexity index is 189. The standard InChI is InChI=1S/C10H17O4/c1-4-14-9(11)6-5-8(2)7-10(12)13-3/h8H,2,4-7H2,1,3H3. The molecular weight excluding hydrogens is 184 g/mol. The van der Waals surface area contributed by atoms with Crippen molar-refractivity contribution >= 4 is 11.9 Å². The molecule has 0 amide bonds. The summed E-state index contributed by atoms with van der Waals surface area (Å²) >= 11 is 0. The van der Waals surface area contributed by atoms with Gasteiger partial charge in [0.1, 0.15) is 0 Å². The number of esters is 2. The predicted octanol–water partition coefficient (Wildman–Crippen LogP) is 1.34. The molecule has 4 nitrogen and oxygen atoms in total. The first-order valence-electron chi connectivity index (χ1n) is 4.65. The van der Waals surface area contributed by atoms with Gasteiger partial charge < -0.3 is 9.47 Å². The lowest BCUT2D eigenvalue weighted by Gasteiger charge is -2.08. The Hall–Kier alpha value is -1.06. The fourth-order valence-electron chi connectivity index (χ4n) is 0.976. The van der Waals surface area contributed by atoms with Gasteiger partial charge in [-0.1, -0.05) is 0 Å². The first-order valence-corrected chi connectivity index (χ1v) is 4.65. The zero-order valence-electron chi connectivity index (χ0n) is 8.75. The molecule has 0 N–H and O–H groups in total. The number of methoxy groups -OCH3 is 1. The molecule has 0 bridgehead atoms. The summed E-state index contributed by atoms with van der Waals surface area (Å²) in [5.74, 6) is -0.633. The van der Waals surface area contributed by atoms with Gasteiger partial charge in [-0.05, 0) is 26.2 Å². The molecule has 0 saturated carbocycles. The van der Waals surface area contributed by atoms with Crippen molar-refractivity contribution in [2.75, 3.05) is 13.7 Å². The molecule has 0 aromatic carbocycles. The van der Waals surface area contributed by atoms with Crippen LogP contribution in [-0.4, -0.2) is 25.7 Å². The highest BCUT2D eigenvalue weighted by Crippen LogP contribution is 2.10. The molecule has 0 aromatic heterocycles. The van der Waals surface area contributed by atoms with Gasteiger partial charge in [0.15, 0.2) is 0 Å². The van der Waals surface area contributed by atoms with Crippen molar-refractivity contribution in [2.45, 2.75) is 26.2 Å². The molecular formula is C10H17O4. The Morgan fingerprint density at radius 2 is 2.00 bits per heavy atom. The first-order chi connectivity index (χ1) is 6.60. The van der Waals surface area contributed by atoms with Crippen molar-refractivity contribution in [2.24, 2.45) is 5.92 Å². The first kappa shape index (κ1) is 12.9. The van der Waals surface area contributed by atoms with Crippen LogP contribution < -0.4 is 0 Å². The molecule has 0 heterocycles. The lowest BCUT2D eigenvalue weighted by atomic mass is 10.0. The topological polar surface area (TPSA) is 52.6 Å². The van der Waals surface area contributed by atoms with Crippen LogP contribution in [0.4, 0.5) is 0 Å². The molecule has 0 aromatic rings. The van der Waals surface area contributed by atoms with E-state index in [1.165, 1.54) is 7.11 Å². The minimum Gasteiger partial charge on any atom is -0.469 e. The number of ether oxygens (including phenoxy) is 2. The highest BCUT2D eigenvalue weighted by Gasteiger charge is 2.11. The van der Waals surface area contributed by atoms with Gasteiger partial charge in [0.25, 0.3) is 0 Å². The van der Waals surface area contributed by atoms with Crippen molar-refractivity contribution in [1.29, 1.82) is 0 Å². The van der Waals surface area contributed by atoms with E-state index in [1.54, 1.807) is 6.92 Å². The molecule has 0 saturated heterocycles. The van der Waals surface area contributed by atoms with Crippen molar-refractivity contribution in [1.82, 2.24) is 0 Å². The molecule has 1 atom stereocenters. The van der Waals surface area contributed by atoms with Crippen LogP contribution in [-0.2, 0) is 19.1 Å². The quantitative estimate of drug-likeness (QED) is 0.608. The molecule has 0 aliphatic carbocycles. The molecule has 1 unspecified atom stereocenters. The van der Waals surface area contributed by atoms with Gasteiger partial charge in [-0.15, -0.1) is 0 Å². The van der Waals surface area contributed by atoms with Gasteiger partial charge in [0.05, 0.1) is 13.7 Å². The molecule has 0 spiro atoms. The Balaban J connectivity index is 3.57. The molecule has 0 aliphatic heterocycles. The lowest BCUT2D eigenvalue weighted by Crippen LogP contribution is -2.10. The van der Waals surface area contributed by atoms with E-state index in [1.807, 2.05) is 0 Å². The van der Waals surface area contributed by atoms with E-state index < -0.39 is 0 Å². The maximum atomic E-state index is 10.9. The molecule has 14 heavy (non-hydrogen) atoms. The number of carbonyl (C=O) groups excluding carboxylic acids is 2. The van der Waals surface area contributed by atoms with E-state index in [0.717, 1.165) is 0 Å². The Morgan fingerprint density at radius 3 is 2.50 bits per heavy atom. The Morgan fingerprint density at radius 1 is 1.36 bits per heavy atom. The molecule has 4 heteroatoms. The smallest absolute Gasteiger partial charge is 0.305 e. The maximum absolute atomic E-state index is 10.9. The number of carbonyl (C=O) groups is 2. The minimum absolute atomic E-state index is 0.0909. The zero-order chi connectivity index (χ0) is 11.0. The molecule has 0 rings (SSSR count). The van der Waals surface area contributed by atoms with Gasteiger partial charge in [-0.25, -0.2) is 0 Å². The van der Waals surface area contributed by atoms with E-state index in [2.05, 4.69) is 11.7 Å². The minimum atomic E-state index is -0.297. The fourth-order valence-corrected chi connectivity index (χ4v) is 0.976. The third-order valence-electron chi connectivity index (χ3n) is 1.75. The van der Waals surface area contributed by atoms with Crippen LogP contribution in [0.5, 0.6) is 0 Å². The zero-order valence-corrected chi connectivity index (χ0v) is 8.75. The average Bonchev–Trinajstić information content (AvgIpc) is 2.15. The third kappa shape index (κ3) is 6.46. The highest BCUT2D eigenvalue weighted by molar-refractivity contribution is 5.70. The van der Waals surface area contributed by atoms with Crippen LogP contribution in [0, 0.1) is 12.8 Å². The van der Waals surface area contributed by atoms with Crippen LogP contribution in [0.15, 0.2) is 0 Å². The van der Waals surface area contributed by atoms with Crippen molar-refractivity contribution in [3.63, 3.8) is 0 Å². The summed E-state index contributed by atoms with van der Waals surface area (Å²) in [6, 6.07) is 0. The largest absolute Gasteiger partial charge is 0.469 e. The highest BCUT2D eigenvalue weighted by atomic mass is 16.5. The van der Waals surface area contributed by atoms with Crippen LogP contribution >= 0.6 is 0 Å². The van der Waals surface area contributed by atoms with E-state index in [9.17, 15) is 9.59 Å². The maximum Gasteiger partial charge on any atom is 0.305 e. The third-order valence-corrected chi connectivity index (χ3v) is 1.75. The van der Waals surface area contributed by atoms with Gasteiger partial charge in [0, 0.05) is 12.8 Å². The average molecular weight is 201 g/mol. The van der Waals surface area contributed by atoms with E-state index >= 15 is 0 Å². The lowest BCUT2D eigenvalue weighted by molar-refractivity contribution is -0.145. The van der Waals surface area contributed by atoms with Crippen LogP contribution in [0.25, 0.3) is 0 Å². The van der Waals surface area contributed by atoms with Crippen molar-refractivity contribution in [3.8, 4) is 0 Å². The van der Waals surface area contributed by atoms with Gasteiger partial charge in [0.2, 0.25) is 0 Å². The molecule has 81 valence electrons. The van der Waals surface area contributed by atoms with Crippen molar-refractivity contribution in [3.05, 3.63) is 6.92 Å². The predicted molar refractivity (Wildman–Crippen MR) is 51.3 cm³/mol. The summed E-state index contributed by atoms with van der Waals surface area (Å²) in [6.07, 6.45) is 1.10. The molecule has 1 radical (unpaired) electrons. The summed E-state index contributed by atoms with van der Waals surface area (Å²) in [6.45, 7) is 5.89. The summed E-state index contributed by atoms with van der Waals surface area (Å²) < 4.78 is 9.22. The van der Waals surface area contributed by atoms with Crippen LogP contribution in [0.1, 0.15) is 26.2 Å². The molecule has 0 aliphatic rings. The van der Waals surface area contributed by atoms with Crippen LogP contribution in [0.2, 0.25) is 0 Å². The number of hydrogen-bond donors (Lipinski definition) is 0.